The lowest BCUT2D eigenvalue weighted by atomic mass is 10.1. The lowest BCUT2D eigenvalue weighted by Gasteiger charge is -2.25. The van der Waals surface area contributed by atoms with Crippen LogP contribution in [0.25, 0.3) is 0 Å². The van der Waals surface area contributed by atoms with E-state index in [1.54, 1.807) is 0 Å². The van der Waals surface area contributed by atoms with Crippen molar-refractivity contribution in [2.75, 3.05) is 35.1 Å². The highest BCUT2D eigenvalue weighted by Crippen LogP contribution is 2.31. The molecule has 0 radical (unpaired) electrons. The minimum Gasteiger partial charge on any atom is -0.368 e. The highest BCUT2D eigenvalue weighted by Gasteiger charge is 2.24. The van der Waals surface area contributed by atoms with Gasteiger partial charge in [0.25, 0.3) is 0 Å². The second-order valence-corrected chi connectivity index (χ2v) is 10.6. The molecule has 0 saturated carbocycles. The Morgan fingerprint density at radius 2 is 1.88 bits per heavy atom. The largest absolute Gasteiger partial charge is 0.368 e. The molecule has 1 amide bonds. The van der Waals surface area contributed by atoms with Gasteiger partial charge in [-0.15, -0.1) is 0 Å². The van der Waals surface area contributed by atoms with Crippen molar-refractivity contribution in [3.63, 3.8) is 0 Å². The zero-order valence-electron chi connectivity index (χ0n) is 19.6. The molecular weight excluding hydrogens is 422 g/mol. The maximum Gasteiger partial charge on any atom is 0.232 e. The minimum atomic E-state index is -3.42. The molecule has 0 spiro atoms. The molecule has 2 aromatic carbocycles. The minimum absolute atomic E-state index is 0.0331. The Bertz CT molecular complexity index is 1050. The van der Waals surface area contributed by atoms with Crippen LogP contribution in [-0.2, 0) is 21.2 Å². The first-order valence-corrected chi connectivity index (χ1v) is 13.2. The summed E-state index contributed by atoms with van der Waals surface area (Å²) in [4.78, 5) is 14.7. The fraction of sp³-hybridized carbons (Fsp3) is 0.480. The summed E-state index contributed by atoms with van der Waals surface area (Å²) in [6.45, 7) is 7.95. The zero-order chi connectivity index (χ0) is 23.3. The van der Waals surface area contributed by atoms with Gasteiger partial charge in [-0.25, -0.2) is 8.42 Å². The maximum atomic E-state index is 12.3. The average Bonchev–Trinajstić information content (AvgIpc) is 3.05. The summed E-state index contributed by atoms with van der Waals surface area (Å²) >= 11 is 0. The highest BCUT2D eigenvalue weighted by atomic mass is 32.2. The van der Waals surface area contributed by atoms with Crippen LogP contribution in [-0.4, -0.2) is 46.3 Å². The van der Waals surface area contributed by atoms with E-state index in [0.29, 0.717) is 37.7 Å². The van der Waals surface area contributed by atoms with Crippen LogP contribution in [0.5, 0.6) is 0 Å². The first kappa shape index (κ1) is 24.1. The van der Waals surface area contributed by atoms with Crippen molar-refractivity contribution in [1.82, 2.24) is 5.32 Å². The fourth-order valence-electron chi connectivity index (χ4n) is 4.39. The molecule has 32 heavy (non-hydrogen) atoms. The molecule has 1 aliphatic rings. The summed E-state index contributed by atoms with van der Waals surface area (Å²) < 4.78 is 26.1. The topological polar surface area (TPSA) is 69.7 Å². The number of benzene rings is 2. The van der Waals surface area contributed by atoms with Gasteiger partial charge in [0.2, 0.25) is 15.9 Å². The van der Waals surface area contributed by atoms with E-state index in [9.17, 15) is 13.2 Å². The number of amides is 1. The first-order valence-electron chi connectivity index (χ1n) is 11.3. The van der Waals surface area contributed by atoms with E-state index in [0.717, 1.165) is 30.5 Å². The van der Waals surface area contributed by atoms with Crippen molar-refractivity contribution >= 4 is 27.3 Å². The molecule has 0 fully saturated rings. The predicted molar refractivity (Wildman–Crippen MR) is 132 cm³/mol. The Labute approximate surface area is 192 Å². The van der Waals surface area contributed by atoms with Gasteiger partial charge in [-0.2, -0.15) is 0 Å². The van der Waals surface area contributed by atoms with Crippen molar-refractivity contribution in [2.24, 2.45) is 0 Å². The lowest BCUT2D eigenvalue weighted by Crippen LogP contribution is -2.34. The number of hydrogen-bond donors (Lipinski definition) is 1. The second kappa shape index (κ2) is 10.4. The number of carbonyl (C=O) groups excluding carboxylic acids is 1. The van der Waals surface area contributed by atoms with Crippen LogP contribution >= 0.6 is 0 Å². The Balaban J connectivity index is 1.44. The molecule has 1 aliphatic heterocycles. The molecule has 6 nitrogen and oxygen atoms in total. The number of fused-ring (bicyclic) bond motifs is 1. The molecule has 1 N–H and O–H groups in total. The van der Waals surface area contributed by atoms with Crippen molar-refractivity contribution in [2.45, 2.75) is 52.5 Å². The molecule has 0 aromatic heterocycles. The summed E-state index contributed by atoms with van der Waals surface area (Å²) in [5.41, 5.74) is 5.37. The van der Waals surface area contributed by atoms with Crippen LogP contribution < -0.4 is 14.5 Å². The summed E-state index contributed by atoms with van der Waals surface area (Å²) in [5, 5.41) is 2.98. The number of para-hydroxylation sites is 1. The monoisotopic (exact) mass is 457 g/mol. The van der Waals surface area contributed by atoms with Crippen LogP contribution in [0.1, 0.15) is 42.9 Å². The Hall–Kier alpha value is -2.54. The number of nitrogens with one attached hydrogen (secondary N) is 1. The summed E-state index contributed by atoms with van der Waals surface area (Å²) in [6, 6.07) is 14.6. The van der Waals surface area contributed by atoms with E-state index < -0.39 is 10.0 Å². The molecule has 2 aromatic rings. The van der Waals surface area contributed by atoms with Crippen LogP contribution in [0, 0.1) is 13.8 Å². The van der Waals surface area contributed by atoms with E-state index >= 15 is 0 Å². The smallest absolute Gasteiger partial charge is 0.232 e. The molecule has 174 valence electrons. The molecule has 0 aliphatic carbocycles. The lowest BCUT2D eigenvalue weighted by molar-refractivity contribution is -0.121. The van der Waals surface area contributed by atoms with Crippen LogP contribution in [0.15, 0.2) is 42.5 Å². The van der Waals surface area contributed by atoms with E-state index in [1.807, 2.05) is 32.0 Å². The SMILES string of the molecule is Cc1cccc(N(CCCC(=O)NCCCN2c3ccccc3CC2C)S(C)(=O)=O)c1C. The third-order valence-corrected chi connectivity index (χ3v) is 7.44. The van der Waals surface area contributed by atoms with Gasteiger partial charge in [0.15, 0.2) is 0 Å². The fourth-order valence-corrected chi connectivity index (χ4v) is 5.41. The third-order valence-electron chi connectivity index (χ3n) is 6.26. The van der Waals surface area contributed by atoms with Crippen molar-refractivity contribution in [1.29, 1.82) is 0 Å². The quantitative estimate of drug-likeness (QED) is 0.551. The normalized spacial score (nSPS) is 15.5. The zero-order valence-corrected chi connectivity index (χ0v) is 20.4. The van der Waals surface area contributed by atoms with E-state index in [-0.39, 0.29) is 5.91 Å². The molecule has 1 heterocycles. The molecule has 7 heteroatoms. The van der Waals surface area contributed by atoms with E-state index in [4.69, 9.17) is 0 Å². The number of aryl methyl sites for hydroxylation is 1. The van der Waals surface area contributed by atoms with Crippen molar-refractivity contribution in [3.05, 3.63) is 59.2 Å². The molecule has 3 rings (SSSR count). The van der Waals surface area contributed by atoms with Gasteiger partial charge in [0, 0.05) is 37.8 Å². The average molecular weight is 458 g/mol. The molecule has 0 saturated heterocycles. The number of carbonyl (C=O) groups is 1. The number of anilines is 2. The summed E-state index contributed by atoms with van der Waals surface area (Å²) in [7, 11) is -3.42. The second-order valence-electron chi connectivity index (χ2n) is 8.74. The van der Waals surface area contributed by atoms with Gasteiger partial charge in [0.1, 0.15) is 0 Å². The van der Waals surface area contributed by atoms with Crippen LogP contribution in [0.3, 0.4) is 0 Å². The number of hydrogen-bond acceptors (Lipinski definition) is 4. The van der Waals surface area contributed by atoms with Gasteiger partial charge in [0.05, 0.1) is 11.9 Å². The number of nitrogens with zero attached hydrogens (tertiary/aromatic N) is 2. The van der Waals surface area contributed by atoms with Crippen molar-refractivity contribution < 1.29 is 13.2 Å². The Morgan fingerprint density at radius 1 is 1.12 bits per heavy atom. The first-order chi connectivity index (χ1) is 15.2. The van der Waals surface area contributed by atoms with Gasteiger partial charge in [-0.05, 0) is 68.9 Å². The van der Waals surface area contributed by atoms with E-state index in [1.165, 1.54) is 21.8 Å². The summed E-state index contributed by atoms with van der Waals surface area (Å²) in [6.07, 6.45) is 3.94. The molecule has 1 unspecified atom stereocenters. The van der Waals surface area contributed by atoms with Crippen molar-refractivity contribution in [3.8, 4) is 0 Å². The van der Waals surface area contributed by atoms with Gasteiger partial charge in [-0.3, -0.25) is 9.10 Å². The molecular formula is C25H35N3O3S. The van der Waals surface area contributed by atoms with Gasteiger partial charge < -0.3 is 10.2 Å². The maximum absolute atomic E-state index is 12.3. The summed E-state index contributed by atoms with van der Waals surface area (Å²) in [5.74, 6) is -0.0331. The third kappa shape index (κ3) is 5.82. The predicted octanol–water partition coefficient (Wildman–Crippen LogP) is 3.81. The van der Waals surface area contributed by atoms with Crippen LogP contribution in [0.4, 0.5) is 11.4 Å². The number of rotatable bonds is 10. The number of sulfonamides is 1. The standard InChI is InChI=1S/C25H35N3O3S/c1-19-10-7-13-23(21(19)3)28(32(4,30)31)17-8-14-25(29)26-15-9-16-27-20(2)18-22-11-5-6-12-24(22)27/h5-7,10-13,20H,8-9,14-18H2,1-4H3,(H,26,29). The van der Waals surface area contributed by atoms with Gasteiger partial charge in [-0.1, -0.05) is 30.3 Å². The van der Waals surface area contributed by atoms with Gasteiger partial charge >= 0.3 is 0 Å². The van der Waals surface area contributed by atoms with E-state index in [2.05, 4.69) is 41.4 Å². The molecule has 0 bridgehead atoms. The highest BCUT2D eigenvalue weighted by molar-refractivity contribution is 7.92. The Kier molecular flexibility index (Phi) is 7.82. The molecule has 1 atom stereocenters. The van der Waals surface area contributed by atoms with Crippen LogP contribution in [0.2, 0.25) is 0 Å². The Morgan fingerprint density at radius 3 is 2.62 bits per heavy atom.